The summed E-state index contributed by atoms with van der Waals surface area (Å²) in [4.78, 5) is 19.6. The summed E-state index contributed by atoms with van der Waals surface area (Å²) in [5, 5.41) is 0.00719. The van der Waals surface area contributed by atoms with Crippen LogP contribution in [0.25, 0.3) is 11.3 Å². The van der Waals surface area contributed by atoms with Gasteiger partial charge in [-0.3, -0.25) is 0 Å². The van der Waals surface area contributed by atoms with Crippen molar-refractivity contribution in [2.75, 3.05) is 54.0 Å². The zero-order chi connectivity index (χ0) is 27.1. The van der Waals surface area contributed by atoms with E-state index in [1.165, 1.54) is 18.3 Å². The molecule has 0 bridgehead atoms. The molecule has 2 aliphatic heterocycles. The number of alkyl halides is 3. The van der Waals surface area contributed by atoms with Crippen molar-refractivity contribution in [3.05, 3.63) is 59.0 Å². The molecule has 0 saturated carbocycles. The zero-order valence-electron chi connectivity index (χ0n) is 21.3. The summed E-state index contributed by atoms with van der Waals surface area (Å²) in [5.74, 6) is 0.689. The van der Waals surface area contributed by atoms with Gasteiger partial charge in [0.1, 0.15) is 17.5 Å². The van der Waals surface area contributed by atoms with Crippen LogP contribution in [0.5, 0.6) is 0 Å². The van der Waals surface area contributed by atoms with Gasteiger partial charge in [-0.1, -0.05) is 25.4 Å². The van der Waals surface area contributed by atoms with E-state index >= 15 is 0 Å². The number of anilines is 3. The maximum atomic E-state index is 13.9. The van der Waals surface area contributed by atoms with Gasteiger partial charge >= 0.3 is 6.18 Å². The lowest BCUT2D eigenvalue weighted by Gasteiger charge is -2.39. The Morgan fingerprint density at radius 3 is 2.34 bits per heavy atom. The number of hydrogen-bond acceptors (Lipinski definition) is 6. The van der Waals surface area contributed by atoms with E-state index in [9.17, 15) is 17.6 Å². The first-order valence-corrected chi connectivity index (χ1v) is 13.0. The van der Waals surface area contributed by atoms with Gasteiger partial charge in [0.05, 0.1) is 16.3 Å². The van der Waals surface area contributed by atoms with Crippen LogP contribution in [0, 0.1) is 11.2 Å². The van der Waals surface area contributed by atoms with Crippen molar-refractivity contribution in [3.63, 3.8) is 0 Å². The van der Waals surface area contributed by atoms with Gasteiger partial charge in [-0.2, -0.15) is 18.2 Å². The summed E-state index contributed by atoms with van der Waals surface area (Å²) in [5.41, 5.74) is 0.656. The van der Waals surface area contributed by atoms with Crippen molar-refractivity contribution < 1.29 is 17.6 Å². The lowest BCUT2D eigenvalue weighted by molar-refractivity contribution is -0.137. The second kappa shape index (κ2) is 10.2. The lowest BCUT2D eigenvalue weighted by Crippen LogP contribution is -2.48. The average molecular weight is 549 g/mol. The highest BCUT2D eigenvalue weighted by molar-refractivity contribution is 6.31. The summed E-state index contributed by atoms with van der Waals surface area (Å²) in [6, 6.07) is 8.69. The molecule has 3 aromatic rings. The molecule has 202 valence electrons. The quantitative estimate of drug-likeness (QED) is 0.356. The molecule has 0 N–H and O–H groups in total. The van der Waals surface area contributed by atoms with Crippen molar-refractivity contribution >= 4 is 29.2 Å². The van der Waals surface area contributed by atoms with Crippen LogP contribution in [0.15, 0.2) is 42.6 Å². The maximum absolute atomic E-state index is 13.9. The van der Waals surface area contributed by atoms with Crippen molar-refractivity contribution in [3.8, 4) is 11.3 Å². The third-order valence-electron chi connectivity index (χ3n) is 7.09. The molecule has 0 spiro atoms. The highest BCUT2D eigenvalue weighted by Gasteiger charge is 2.36. The van der Waals surface area contributed by atoms with E-state index in [2.05, 4.69) is 23.7 Å². The Morgan fingerprint density at radius 1 is 0.921 bits per heavy atom. The second-order valence-corrected chi connectivity index (χ2v) is 11.0. The normalized spacial score (nSPS) is 18.1. The molecule has 0 radical (unpaired) electrons. The monoisotopic (exact) mass is 548 g/mol. The van der Waals surface area contributed by atoms with Gasteiger partial charge in [-0.15, -0.1) is 0 Å². The summed E-state index contributed by atoms with van der Waals surface area (Å²) >= 11 is 6.07. The van der Waals surface area contributed by atoms with Crippen LogP contribution in [0.3, 0.4) is 0 Å². The van der Waals surface area contributed by atoms with Crippen LogP contribution in [-0.2, 0) is 6.18 Å². The van der Waals surface area contributed by atoms with Gasteiger partial charge < -0.3 is 14.7 Å². The van der Waals surface area contributed by atoms with Crippen LogP contribution < -0.4 is 14.7 Å². The molecule has 2 aromatic heterocycles. The molecule has 2 aliphatic rings. The molecular formula is C27H29ClF4N6. The molecule has 0 amide bonds. The van der Waals surface area contributed by atoms with Crippen LogP contribution in [0.4, 0.5) is 35.1 Å². The van der Waals surface area contributed by atoms with Gasteiger partial charge in [0.2, 0.25) is 5.95 Å². The van der Waals surface area contributed by atoms with Gasteiger partial charge in [0.25, 0.3) is 0 Å². The van der Waals surface area contributed by atoms with Crippen LogP contribution in [-0.4, -0.2) is 54.2 Å². The van der Waals surface area contributed by atoms with E-state index in [-0.39, 0.29) is 16.3 Å². The van der Waals surface area contributed by atoms with Gasteiger partial charge in [-0.05, 0) is 48.6 Å². The second-order valence-electron chi connectivity index (χ2n) is 10.6. The minimum absolute atomic E-state index is 0.00719. The van der Waals surface area contributed by atoms with Crippen molar-refractivity contribution in [1.29, 1.82) is 0 Å². The Labute approximate surface area is 224 Å². The van der Waals surface area contributed by atoms with E-state index in [1.807, 2.05) is 11.0 Å². The summed E-state index contributed by atoms with van der Waals surface area (Å²) in [6.45, 7) is 7.68. The van der Waals surface area contributed by atoms with Crippen LogP contribution >= 0.6 is 11.6 Å². The molecule has 2 saturated heterocycles. The third-order valence-corrected chi connectivity index (χ3v) is 7.38. The maximum Gasteiger partial charge on any atom is 0.419 e. The number of hydrogen-bond donors (Lipinski definition) is 0. The Bertz CT molecular complexity index is 1310. The molecule has 11 heteroatoms. The molecule has 0 aliphatic carbocycles. The standard InChI is InChI=1S/C27H29ClF4N6/c1-26(2)8-4-10-38(17-26)25-34-22(18-6-7-21(29)20(28)15-18)16-23(35-25)36-11-13-37(14-12-36)24-19(27(30,31)32)5-3-9-33-24/h3,5-7,9,15-16H,4,8,10-14,17H2,1-2H3. The molecule has 5 rings (SSSR count). The van der Waals surface area contributed by atoms with Gasteiger partial charge in [0.15, 0.2) is 0 Å². The number of piperidine rings is 1. The Morgan fingerprint density at radius 2 is 1.66 bits per heavy atom. The molecule has 0 atom stereocenters. The molecule has 38 heavy (non-hydrogen) atoms. The van der Waals surface area contributed by atoms with Crippen molar-refractivity contribution in [1.82, 2.24) is 15.0 Å². The molecule has 6 nitrogen and oxygen atoms in total. The van der Waals surface area contributed by atoms with E-state index < -0.39 is 17.6 Å². The first-order chi connectivity index (χ1) is 18.0. The van der Waals surface area contributed by atoms with Crippen molar-refractivity contribution in [2.45, 2.75) is 32.9 Å². The van der Waals surface area contributed by atoms with Gasteiger partial charge in [-0.25, -0.2) is 14.4 Å². The number of aromatic nitrogens is 3. The number of pyridine rings is 1. The number of nitrogens with zero attached hydrogens (tertiary/aromatic N) is 6. The number of benzene rings is 1. The molecule has 1 aromatic carbocycles. The van der Waals surface area contributed by atoms with Crippen LogP contribution in [0.1, 0.15) is 32.3 Å². The third kappa shape index (κ3) is 5.65. The van der Waals surface area contributed by atoms with E-state index in [4.69, 9.17) is 21.6 Å². The van der Waals surface area contributed by atoms with E-state index in [0.717, 1.165) is 32.0 Å². The SMILES string of the molecule is CC1(C)CCCN(c2nc(-c3ccc(F)c(Cl)c3)cc(N3CCN(c4ncccc4C(F)(F)F)CC3)n2)C1. The predicted octanol–water partition coefficient (Wildman–Crippen LogP) is 6.30. The first kappa shape index (κ1) is 26.5. The fraction of sp³-hybridized carbons (Fsp3) is 0.444. The number of rotatable bonds is 4. The summed E-state index contributed by atoms with van der Waals surface area (Å²) < 4.78 is 54.5. The Kier molecular flexibility index (Phi) is 7.11. The molecule has 4 heterocycles. The highest BCUT2D eigenvalue weighted by Crippen LogP contribution is 2.36. The first-order valence-electron chi connectivity index (χ1n) is 12.6. The Hall–Kier alpha value is -3.14. The lowest BCUT2D eigenvalue weighted by atomic mass is 9.84. The fourth-order valence-electron chi connectivity index (χ4n) is 5.14. The highest BCUT2D eigenvalue weighted by atomic mass is 35.5. The average Bonchev–Trinajstić information content (AvgIpc) is 2.89. The van der Waals surface area contributed by atoms with E-state index in [0.29, 0.717) is 49.2 Å². The predicted molar refractivity (Wildman–Crippen MR) is 141 cm³/mol. The minimum Gasteiger partial charge on any atom is -0.353 e. The molecular weight excluding hydrogens is 520 g/mol. The Balaban J connectivity index is 1.45. The fourth-order valence-corrected chi connectivity index (χ4v) is 5.32. The largest absolute Gasteiger partial charge is 0.419 e. The van der Waals surface area contributed by atoms with Crippen LogP contribution in [0.2, 0.25) is 5.02 Å². The summed E-state index contributed by atoms with van der Waals surface area (Å²) in [6.07, 6.45) is -0.967. The number of piperazine rings is 1. The molecule has 2 fully saturated rings. The van der Waals surface area contributed by atoms with Gasteiger partial charge in [0, 0.05) is 57.1 Å². The van der Waals surface area contributed by atoms with E-state index in [1.54, 1.807) is 17.0 Å². The zero-order valence-corrected chi connectivity index (χ0v) is 22.0. The smallest absolute Gasteiger partial charge is 0.353 e. The number of halogens is 5. The summed E-state index contributed by atoms with van der Waals surface area (Å²) in [7, 11) is 0. The minimum atomic E-state index is -4.48. The molecule has 0 unspecified atom stereocenters. The van der Waals surface area contributed by atoms with Crippen molar-refractivity contribution in [2.24, 2.45) is 5.41 Å². The topological polar surface area (TPSA) is 48.4 Å².